The minimum absolute atomic E-state index is 0.496. The highest BCUT2D eigenvalue weighted by Crippen LogP contribution is 2.50. The quantitative estimate of drug-likeness (QED) is 0.0838. The maximum Gasteiger partial charge on any atom is 0.265 e. The molecule has 8 rings (SSSR count). The first-order valence-corrected chi connectivity index (χ1v) is 22.8. The van der Waals surface area contributed by atoms with Crippen molar-refractivity contribution in [2.75, 3.05) is 11.4 Å². The number of nitrogens with zero attached hydrogens (tertiary/aromatic N) is 2. The molecule has 1 aliphatic rings. The highest BCUT2D eigenvalue weighted by molar-refractivity contribution is 8.04. The average molecular weight is 806 g/mol. The average Bonchev–Trinajstić information content (AvgIpc) is 3.69. The molecule has 0 fully saturated rings. The molecule has 6 aromatic carbocycles. The molecule has 0 atom stereocenters. The van der Waals surface area contributed by atoms with E-state index in [1.54, 1.807) is 47.4 Å². The number of aromatic nitrogens is 1. The maximum atomic E-state index is 11.3. The van der Waals surface area contributed by atoms with Crippen LogP contribution in [-0.2, 0) is 51.1 Å². The van der Waals surface area contributed by atoms with Crippen molar-refractivity contribution in [3.63, 3.8) is 0 Å². The fraction of sp³-hybridized carbons (Fsp3) is 0.186. The molecule has 0 radical (unpaired) electrons. The number of rotatable bonds is 13. The smallest absolute Gasteiger partial charge is 0.265 e. The van der Waals surface area contributed by atoms with Crippen LogP contribution in [0.2, 0.25) is 0 Å². The first-order chi connectivity index (χ1) is 26.5. The topological polar surface area (TPSA) is 122 Å². The lowest BCUT2D eigenvalue weighted by atomic mass is 10.1. The Morgan fingerprint density at radius 2 is 1.16 bits per heavy atom. The van der Waals surface area contributed by atoms with Gasteiger partial charge in [0.05, 0.1) is 53.9 Å². The summed E-state index contributed by atoms with van der Waals surface area (Å²) in [6, 6.07) is 40.3. The van der Waals surface area contributed by atoms with Crippen molar-refractivity contribution in [3.8, 4) is 0 Å². The Labute approximate surface area is 329 Å². The molecule has 1 aromatic heterocycles. The third-order valence-corrected chi connectivity index (χ3v) is 13.5. The minimum Gasteiger partial charge on any atom is -0.748 e. The Morgan fingerprint density at radius 3 is 1.80 bits per heavy atom. The van der Waals surface area contributed by atoms with Gasteiger partial charge >= 0.3 is 0 Å². The summed E-state index contributed by atoms with van der Waals surface area (Å²) in [7, 11) is -8.67. The van der Waals surface area contributed by atoms with Crippen LogP contribution in [0.5, 0.6) is 0 Å². The van der Waals surface area contributed by atoms with Crippen LogP contribution < -0.4 is 9.47 Å². The molecule has 0 saturated carbocycles. The highest BCUT2D eigenvalue weighted by Gasteiger charge is 2.30. The zero-order valence-corrected chi connectivity index (χ0v) is 33.0. The fourth-order valence-electron chi connectivity index (χ4n) is 7.41. The second-order valence-electron chi connectivity index (χ2n) is 13.8. The molecular formula is C43H37N2O6S4-. The van der Waals surface area contributed by atoms with Crippen LogP contribution in [0.1, 0.15) is 40.1 Å². The van der Waals surface area contributed by atoms with E-state index in [1.165, 1.54) is 42.3 Å². The normalized spacial score (nSPS) is 14.1. The Hall–Kier alpha value is -4.56. The molecule has 0 bridgehead atoms. The van der Waals surface area contributed by atoms with Gasteiger partial charge in [0.15, 0.2) is 6.54 Å². The fourth-order valence-corrected chi connectivity index (χ4v) is 11.0. The number of fused-ring (bicyclic) bond motifs is 6. The summed E-state index contributed by atoms with van der Waals surface area (Å²) < 4.78 is 71.2. The lowest BCUT2D eigenvalue weighted by molar-refractivity contribution is -0.668. The number of hydrogen-bond donors (Lipinski definition) is 0. The van der Waals surface area contributed by atoms with Gasteiger partial charge in [0.2, 0.25) is 5.52 Å². The third kappa shape index (κ3) is 8.65. The number of aryl methyl sites for hydroxylation is 3. The van der Waals surface area contributed by atoms with Crippen molar-refractivity contribution >= 4 is 86.9 Å². The van der Waals surface area contributed by atoms with E-state index in [4.69, 9.17) is 0 Å². The lowest BCUT2D eigenvalue weighted by Gasteiger charge is -2.22. The van der Waals surface area contributed by atoms with E-state index in [2.05, 4.69) is 88.3 Å². The zero-order valence-electron chi connectivity index (χ0n) is 29.8. The number of thioether (sulfide) groups is 1. The molecule has 1 aliphatic heterocycles. The maximum absolute atomic E-state index is 11.3. The third-order valence-electron chi connectivity index (χ3n) is 9.90. The molecule has 0 spiro atoms. The van der Waals surface area contributed by atoms with Crippen LogP contribution >= 0.6 is 23.1 Å². The first kappa shape index (κ1) is 37.4. The van der Waals surface area contributed by atoms with Gasteiger partial charge in [0.25, 0.3) is 5.01 Å². The van der Waals surface area contributed by atoms with Gasteiger partial charge in [-0.1, -0.05) is 126 Å². The first-order valence-electron chi connectivity index (χ1n) is 18.0. The van der Waals surface area contributed by atoms with E-state index < -0.39 is 31.7 Å². The molecule has 12 heteroatoms. The van der Waals surface area contributed by atoms with Crippen LogP contribution in [0.4, 0.5) is 5.69 Å². The van der Waals surface area contributed by atoms with Crippen molar-refractivity contribution < 1.29 is 30.5 Å². The minimum atomic E-state index is -4.34. The molecule has 8 nitrogen and oxygen atoms in total. The van der Waals surface area contributed by atoms with Gasteiger partial charge in [-0.15, -0.1) is 0 Å². The summed E-state index contributed by atoms with van der Waals surface area (Å²) in [6.07, 6.45) is 5.63. The Kier molecular flexibility index (Phi) is 10.5. The summed E-state index contributed by atoms with van der Waals surface area (Å²) >= 11 is 3.57. The van der Waals surface area contributed by atoms with Gasteiger partial charge in [-0.3, -0.25) is 0 Å². The van der Waals surface area contributed by atoms with Gasteiger partial charge in [0.1, 0.15) is 4.70 Å². The predicted molar refractivity (Wildman–Crippen MR) is 221 cm³/mol. The van der Waals surface area contributed by atoms with Gasteiger partial charge in [-0.05, 0) is 70.5 Å². The van der Waals surface area contributed by atoms with Gasteiger partial charge in [0, 0.05) is 23.2 Å². The van der Waals surface area contributed by atoms with Gasteiger partial charge in [-0.25, -0.2) is 16.8 Å². The molecule has 0 amide bonds. The number of hydrogen-bond acceptors (Lipinski definition) is 9. The lowest BCUT2D eigenvalue weighted by Crippen LogP contribution is -2.35. The summed E-state index contributed by atoms with van der Waals surface area (Å²) in [5, 5.41) is 7.07. The molecule has 55 heavy (non-hydrogen) atoms. The van der Waals surface area contributed by atoms with E-state index in [9.17, 15) is 25.9 Å². The highest BCUT2D eigenvalue weighted by atomic mass is 32.2. The zero-order chi connectivity index (χ0) is 38.2. The second-order valence-corrected chi connectivity index (χ2v) is 18.8. The SMILES string of the molecule is O=S(=O)([O-])Cc1ccc(CCCN2C(=Cc3sc4ccc5ccccc5c4[n+]3CCCc3ccc(CS(=O)(=O)[O-])cc3)Sc3ccc4ccccc4c32)cc1. The van der Waals surface area contributed by atoms with Crippen molar-refractivity contribution in [1.29, 1.82) is 0 Å². The molecule has 0 N–H and O–H groups in total. The van der Waals surface area contributed by atoms with E-state index in [0.29, 0.717) is 11.1 Å². The van der Waals surface area contributed by atoms with Crippen molar-refractivity contribution in [1.82, 2.24) is 0 Å². The van der Waals surface area contributed by atoms with E-state index in [1.807, 2.05) is 24.3 Å². The number of thiazole rings is 1. The molecule has 2 heterocycles. The predicted octanol–water partition coefficient (Wildman–Crippen LogP) is 8.76. The number of benzene rings is 6. The van der Waals surface area contributed by atoms with E-state index >= 15 is 0 Å². The Balaban J connectivity index is 1.12. The van der Waals surface area contributed by atoms with Crippen LogP contribution in [0.3, 0.4) is 0 Å². The molecule has 280 valence electrons. The van der Waals surface area contributed by atoms with Crippen LogP contribution in [0.15, 0.2) is 131 Å². The summed E-state index contributed by atoms with van der Waals surface area (Å²) in [5.74, 6) is -1.01. The Bertz CT molecular complexity index is 2800. The van der Waals surface area contributed by atoms with Crippen molar-refractivity contribution in [2.24, 2.45) is 0 Å². The van der Waals surface area contributed by atoms with Gasteiger partial charge < -0.3 is 14.0 Å². The van der Waals surface area contributed by atoms with Gasteiger partial charge in [-0.2, -0.15) is 4.57 Å². The second kappa shape index (κ2) is 15.5. The van der Waals surface area contributed by atoms with Crippen molar-refractivity contribution in [2.45, 2.75) is 48.6 Å². The molecular weight excluding hydrogens is 769 g/mol. The Morgan fingerprint density at radius 1 is 0.618 bits per heavy atom. The van der Waals surface area contributed by atoms with Crippen LogP contribution in [0.25, 0.3) is 37.8 Å². The summed E-state index contributed by atoms with van der Waals surface area (Å²) in [6.45, 7) is 1.54. The largest absolute Gasteiger partial charge is 0.748 e. The molecule has 7 aromatic rings. The van der Waals surface area contributed by atoms with E-state index in [0.717, 1.165) is 59.9 Å². The summed E-state index contributed by atoms with van der Waals surface area (Å²) in [5.41, 5.74) is 5.57. The number of anilines is 1. The van der Waals surface area contributed by atoms with Crippen molar-refractivity contribution in [3.05, 3.63) is 154 Å². The monoisotopic (exact) mass is 805 g/mol. The standard InChI is InChI=1S/C43H38N2O6S4/c46-54(47,48)28-32-17-13-30(14-18-32)7-5-25-44-40(52-38-23-21-34-9-1-3-11-36(34)42(38)44)27-41-45(43-37-12-4-2-10-35(37)22-24-39(43)53-41)26-6-8-31-15-19-33(20-16-31)29-55(49,50)51/h1-4,9-24,27H,5-8,25-26,28-29H2,(H-,46,47,48,49,50,51)/p-1. The van der Waals surface area contributed by atoms with Crippen LogP contribution in [0, 0.1) is 0 Å². The molecule has 0 unspecified atom stereocenters. The summed E-state index contributed by atoms with van der Waals surface area (Å²) in [4.78, 5) is 3.65. The van der Waals surface area contributed by atoms with Crippen LogP contribution in [-0.4, -0.2) is 32.5 Å². The van der Waals surface area contributed by atoms with E-state index in [-0.39, 0.29) is 0 Å². The molecule has 0 saturated heterocycles. The molecule has 0 aliphatic carbocycles.